The molecular weight excluding hydrogens is 562 g/mol. The third-order valence-corrected chi connectivity index (χ3v) is 8.85. The van der Waals surface area contributed by atoms with Crippen LogP contribution in [0.2, 0.25) is 0 Å². The third-order valence-electron chi connectivity index (χ3n) is 8.85. The number of anilines is 3. The Labute approximate surface area is 269 Å². The van der Waals surface area contributed by atoms with Crippen molar-refractivity contribution in [3.8, 4) is 22.5 Å². The van der Waals surface area contributed by atoms with Crippen molar-refractivity contribution in [1.29, 1.82) is 0 Å². The monoisotopic (exact) mass is 597 g/mol. The fourth-order valence-corrected chi connectivity index (χ4v) is 6.37. The van der Waals surface area contributed by atoms with Crippen LogP contribution in [0, 0.1) is 6.92 Å². The van der Waals surface area contributed by atoms with Gasteiger partial charge in [0.1, 0.15) is 22.7 Å². The molecule has 224 valence electrons. The molecule has 2 heterocycles. The maximum Gasteiger partial charge on any atom is 0.135 e. The average molecular weight is 598 g/mol. The van der Waals surface area contributed by atoms with Gasteiger partial charge in [-0.05, 0) is 125 Å². The van der Waals surface area contributed by atoms with Crippen LogP contribution in [0.15, 0.2) is 148 Å². The zero-order valence-corrected chi connectivity index (χ0v) is 26.5. The first-order valence-corrected chi connectivity index (χ1v) is 15.8. The highest BCUT2D eigenvalue weighted by molar-refractivity contribution is 6.03. The first-order chi connectivity index (χ1) is 22.3. The second kappa shape index (κ2) is 10.8. The van der Waals surface area contributed by atoms with Crippen LogP contribution in [0.5, 0.6) is 0 Å². The Morgan fingerprint density at radius 1 is 0.457 bits per heavy atom. The predicted molar refractivity (Wildman–Crippen MR) is 192 cm³/mol. The Morgan fingerprint density at radius 3 is 1.70 bits per heavy atom. The largest absolute Gasteiger partial charge is 0.461 e. The summed E-state index contributed by atoms with van der Waals surface area (Å²) in [6.45, 7) is 8.76. The summed E-state index contributed by atoms with van der Waals surface area (Å²) in [5.74, 6) is 1.77. The molecule has 2 aromatic heterocycles. The lowest BCUT2D eigenvalue weighted by atomic mass is 9.87. The van der Waals surface area contributed by atoms with Crippen LogP contribution in [-0.2, 0) is 5.41 Å². The summed E-state index contributed by atoms with van der Waals surface area (Å²) in [6.07, 6.45) is 0. The molecule has 0 N–H and O–H groups in total. The Balaban J connectivity index is 1.17. The molecule has 0 unspecified atom stereocenters. The Kier molecular flexibility index (Phi) is 6.58. The van der Waals surface area contributed by atoms with Crippen LogP contribution in [0.25, 0.3) is 55.2 Å². The molecule has 3 nitrogen and oxygen atoms in total. The molecule has 0 saturated carbocycles. The number of benzene rings is 6. The molecule has 46 heavy (non-hydrogen) atoms. The molecule has 0 spiro atoms. The number of furan rings is 2. The molecule has 8 aromatic rings. The number of hydrogen-bond donors (Lipinski definition) is 0. The summed E-state index contributed by atoms with van der Waals surface area (Å²) >= 11 is 0. The Bertz CT molecular complexity index is 2260. The van der Waals surface area contributed by atoms with Gasteiger partial charge in [-0.3, -0.25) is 0 Å². The summed E-state index contributed by atoms with van der Waals surface area (Å²) in [5.41, 5.74) is 9.90. The number of aryl methyl sites for hydroxylation is 1. The molecule has 0 atom stereocenters. The highest BCUT2D eigenvalue weighted by Gasteiger charge is 2.19. The molecule has 0 saturated heterocycles. The van der Waals surface area contributed by atoms with E-state index in [2.05, 4.69) is 165 Å². The van der Waals surface area contributed by atoms with E-state index >= 15 is 0 Å². The van der Waals surface area contributed by atoms with Gasteiger partial charge in [0.05, 0.1) is 0 Å². The van der Waals surface area contributed by atoms with E-state index in [1.165, 1.54) is 16.7 Å². The molecule has 0 aliphatic rings. The predicted octanol–water partition coefficient (Wildman–Crippen LogP) is 12.7. The lowest BCUT2D eigenvalue weighted by Gasteiger charge is -2.28. The van der Waals surface area contributed by atoms with Gasteiger partial charge in [0.25, 0.3) is 0 Å². The van der Waals surface area contributed by atoms with Gasteiger partial charge in [0.15, 0.2) is 0 Å². The number of fused-ring (bicyclic) bond motifs is 3. The minimum atomic E-state index is 0.0393. The highest BCUT2D eigenvalue weighted by Crippen LogP contribution is 2.39. The molecule has 8 rings (SSSR count). The summed E-state index contributed by atoms with van der Waals surface area (Å²) in [7, 11) is 0. The first kappa shape index (κ1) is 28.0. The molecule has 0 bridgehead atoms. The van der Waals surface area contributed by atoms with Gasteiger partial charge in [-0.15, -0.1) is 0 Å². The maximum atomic E-state index is 6.42. The van der Waals surface area contributed by atoms with Gasteiger partial charge in [-0.1, -0.05) is 75.4 Å². The third kappa shape index (κ3) is 5.14. The van der Waals surface area contributed by atoms with Crippen LogP contribution >= 0.6 is 0 Å². The standard InChI is InChI=1S/C43H35NO2/c1-28-21-34-22-32-25-42-35(23-33(32)24-41(34)45-28)26-40(46-42)31-15-19-38(20-16-31)44(39-12-8-11-36(27-39)43(2,3)4)37-17-13-30(14-18-37)29-9-6-5-7-10-29/h5-27H,1-4H3. The van der Waals surface area contributed by atoms with Crippen LogP contribution in [-0.4, -0.2) is 0 Å². The molecule has 0 amide bonds. The molecule has 3 heteroatoms. The van der Waals surface area contributed by atoms with Crippen LogP contribution < -0.4 is 4.90 Å². The SMILES string of the molecule is Cc1cc2cc3cc4oc(-c5ccc(N(c6ccc(-c7ccccc7)cc6)c6cccc(C(C)(C)C)c6)cc5)cc4cc3cc2o1. The topological polar surface area (TPSA) is 29.5 Å². The smallest absolute Gasteiger partial charge is 0.135 e. The molecular formula is C43H35NO2. The zero-order valence-electron chi connectivity index (χ0n) is 26.5. The fraction of sp³-hybridized carbons (Fsp3) is 0.116. The van der Waals surface area contributed by atoms with Crippen LogP contribution in [0.4, 0.5) is 17.1 Å². The van der Waals surface area contributed by atoms with E-state index in [0.29, 0.717) is 0 Å². The van der Waals surface area contributed by atoms with E-state index < -0.39 is 0 Å². The van der Waals surface area contributed by atoms with Crippen molar-refractivity contribution in [2.45, 2.75) is 33.1 Å². The van der Waals surface area contributed by atoms with Crippen LogP contribution in [0.1, 0.15) is 32.1 Å². The molecule has 6 aromatic carbocycles. The molecule has 0 aliphatic heterocycles. The van der Waals surface area contributed by atoms with Crippen molar-refractivity contribution < 1.29 is 8.83 Å². The minimum Gasteiger partial charge on any atom is -0.461 e. The number of hydrogen-bond acceptors (Lipinski definition) is 3. The van der Waals surface area contributed by atoms with E-state index in [1.54, 1.807) is 0 Å². The zero-order chi connectivity index (χ0) is 31.4. The molecule has 0 fully saturated rings. The van der Waals surface area contributed by atoms with Gasteiger partial charge in [-0.2, -0.15) is 0 Å². The summed E-state index contributed by atoms with van der Waals surface area (Å²) in [4.78, 5) is 2.33. The van der Waals surface area contributed by atoms with Gasteiger partial charge in [0.2, 0.25) is 0 Å². The Hall–Kier alpha value is -5.54. The van der Waals surface area contributed by atoms with Gasteiger partial charge < -0.3 is 13.7 Å². The van der Waals surface area contributed by atoms with Crippen molar-refractivity contribution in [2.75, 3.05) is 4.90 Å². The highest BCUT2D eigenvalue weighted by atomic mass is 16.3. The first-order valence-electron chi connectivity index (χ1n) is 15.8. The van der Waals surface area contributed by atoms with Gasteiger partial charge >= 0.3 is 0 Å². The lowest BCUT2D eigenvalue weighted by Crippen LogP contribution is -2.14. The Morgan fingerprint density at radius 2 is 1.04 bits per heavy atom. The summed E-state index contributed by atoms with van der Waals surface area (Å²) < 4.78 is 12.3. The molecule has 0 aliphatic carbocycles. The van der Waals surface area contributed by atoms with Crippen LogP contribution in [0.3, 0.4) is 0 Å². The van der Waals surface area contributed by atoms with E-state index in [4.69, 9.17) is 8.83 Å². The second-order valence-corrected chi connectivity index (χ2v) is 13.2. The quantitative estimate of drug-likeness (QED) is 0.198. The van der Waals surface area contributed by atoms with Crippen molar-refractivity contribution in [3.05, 3.63) is 151 Å². The number of rotatable bonds is 5. The van der Waals surface area contributed by atoms with Gasteiger partial charge in [0, 0.05) is 33.4 Å². The molecule has 0 radical (unpaired) electrons. The van der Waals surface area contributed by atoms with Crippen molar-refractivity contribution in [3.63, 3.8) is 0 Å². The summed E-state index contributed by atoms with van der Waals surface area (Å²) in [6, 6.07) is 49.7. The maximum absolute atomic E-state index is 6.42. The van der Waals surface area contributed by atoms with E-state index in [-0.39, 0.29) is 5.41 Å². The van der Waals surface area contributed by atoms with Gasteiger partial charge in [-0.25, -0.2) is 0 Å². The van der Waals surface area contributed by atoms with Crippen molar-refractivity contribution in [1.82, 2.24) is 0 Å². The van der Waals surface area contributed by atoms with Crippen molar-refractivity contribution >= 4 is 49.8 Å². The average Bonchev–Trinajstić information content (AvgIpc) is 3.65. The van der Waals surface area contributed by atoms with E-state index in [1.807, 2.05) is 6.92 Å². The van der Waals surface area contributed by atoms with E-state index in [9.17, 15) is 0 Å². The normalized spacial score (nSPS) is 11.9. The minimum absolute atomic E-state index is 0.0393. The second-order valence-electron chi connectivity index (χ2n) is 13.2. The fourth-order valence-electron chi connectivity index (χ4n) is 6.37. The summed E-state index contributed by atoms with van der Waals surface area (Å²) in [5, 5.41) is 4.47. The lowest BCUT2D eigenvalue weighted by molar-refractivity contribution is 0.579. The van der Waals surface area contributed by atoms with E-state index in [0.717, 1.165) is 66.9 Å². The number of nitrogens with zero attached hydrogens (tertiary/aromatic N) is 1. The van der Waals surface area contributed by atoms with Crippen molar-refractivity contribution in [2.24, 2.45) is 0 Å².